The lowest BCUT2D eigenvalue weighted by Gasteiger charge is -2.19. The van der Waals surface area contributed by atoms with E-state index in [0.29, 0.717) is 77.6 Å². The summed E-state index contributed by atoms with van der Waals surface area (Å²) in [7, 11) is 0. The van der Waals surface area contributed by atoms with Crippen LogP contribution in [0.4, 0.5) is 4.79 Å². The smallest absolute Gasteiger partial charge is 0.407 e. The molecule has 0 spiro atoms. The van der Waals surface area contributed by atoms with E-state index in [0.717, 1.165) is 11.1 Å². The molecule has 13 nitrogen and oxygen atoms in total. The van der Waals surface area contributed by atoms with Crippen molar-refractivity contribution in [3.05, 3.63) is 35.7 Å². The number of benzene rings is 1. The Morgan fingerprint density at radius 1 is 0.718 bits per heavy atom. The van der Waals surface area contributed by atoms with E-state index >= 15 is 0 Å². The highest BCUT2D eigenvalue weighted by atomic mass is 16.6. The molecular weight excluding hydrogens is 508 g/mol. The van der Waals surface area contributed by atoms with E-state index < -0.39 is 11.7 Å². The molecule has 1 aromatic heterocycles. The van der Waals surface area contributed by atoms with Crippen LogP contribution in [0.2, 0.25) is 0 Å². The standard InChI is InChI=1S/C26H40N6O7/c1-20-29-31-24(32-30-20)22-7-5-21(6-8-22)19-23(33)27-9-11-35-13-15-37-17-18-38-16-14-36-12-10-28-25(34)39-26(2,3)4/h5-8H,9-19H2,1-4H3,(H,27,33)(H,28,34). The lowest BCUT2D eigenvalue weighted by Crippen LogP contribution is -2.34. The van der Waals surface area contributed by atoms with E-state index in [1.165, 1.54) is 0 Å². The minimum atomic E-state index is -0.517. The Hall–Kier alpha value is -3.26. The van der Waals surface area contributed by atoms with Crippen molar-refractivity contribution < 1.29 is 33.3 Å². The second-order valence-electron chi connectivity index (χ2n) is 9.37. The predicted molar refractivity (Wildman–Crippen MR) is 142 cm³/mol. The van der Waals surface area contributed by atoms with Gasteiger partial charge in [-0.05, 0) is 33.3 Å². The van der Waals surface area contributed by atoms with Crippen molar-refractivity contribution in [2.45, 2.75) is 39.7 Å². The third kappa shape index (κ3) is 15.7. The summed E-state index contributed by atoms with van der Waals surface area (Å²) in [6.45, 7) is 11.3. The highest BCUT2D eigenvalue weighted by Gasteiger charge is 2.15. The highest BCUT2D eigenvalue weighted by Crippen LogP contribution is 2.14. The first kappa shape index (κ1) is 32.0. The number of amides is 2. The van der Waals surface area contributed by atoms with Gasteiger partial charge in [-0.3, -0.25) is 4.79 Å². The maximum Gasteiger partial charge on any atom is 0.407 e. The number of nitrogens with one attached hydrogen (secondary N) is 2. The molecule has 0 atom stereocenters. The van der Waals surface area contributed by atoms with Gasteiger partial charge in [-0.2, -0.15) is 0 Å². The Bertz CT molecular complexity index is 968. The molecule has 2 N–H and O–H groups in total. The van der Waals surface area contributed by atoms with Crippen LogP contribution < -0.4 is 10.6 Å². The van der Waals surface area contributed by atoms with Crippen LogP contribution in [0.25, 0.3) is 11.4 Å². The number of aryl methyl sites for hydroxylation is 1. The third-order valence-electron chi connectivity index (χ3n) is 4.75. The summed E-state index contributed by atoms with van der Waals surface area (Å²) in [4.78, 5) is 23.6. The van der Waals surface area contributed by atoms with Crippen molar-refractivity contribution in [3.8, 4) is 11.4 Å². The Labute approximate surface area is 229 Å². The van der Waals surface area contributed by atoms with Gasteiger partial charge < -0.3 is 34.3 Å². The van der Waals surface area contributed by atoms with E-state index in [9.17, 15) is 9.59 Å². The van der Waals surface area contributed by atoms with Crippen LogP contribution in [0.1, 0.15) is 32.2 Å². The molecule has 2 rings (SSSR count). The fourth-order valence-electron chi connectivity index (χ4n) is 2.98. The lowest BCUT2D eigenvalue weighted by atomic mass is 10.1. The fourth-order valence-corrected chi connectivity index (χ4v) is 2.98. The van der Waals surface area contributed by atoms with Gasteiger partial charge in [0.25, 0.3) is 0 Å². The van der Waals surface area contributed by atoms with E-state index in [-0.39, 0.29) is 12.3 Å². The van der Waals surface area contributed by atoms with Gasteiger partial charge in [-0.25, -0.2) is 4.79 Å². The number of hydrogen-bond donors (Lipinski definition) is 2. The van der Waals surface area contributed by atoms with Gasteiger partial charge in [0.1, 0.15) is 5.60 Å². The first-order valence-corrected chi connectivity index (χ1v) is 12.9. The number of hydrogen-bond acceptors (Lipinski definition) is 11. The molecule has 216 valence electrons. The maximum absolute atomic E-state index is 12.1. The molecule has 1 heterocycles. The third-order valence-corrected chi connectivity index (χ3v) is 4.75. The van der Waals surface area contributed by atoms with Gasteiger partial charge >= 0.3 is 6.09 Å². The van der Waals surface area contributed by atoms with Crippen LogP contribution in [0, 0.1) is 6.92 Å². The second-order valence-corrected chi connectivity index (χ2v) is 9.37. The van der Waals surface area contributed by atoms with E-state index in [4.69, 9.17) is 23.7 Å². The molecule has 2 amide bonds. The monoisotopic (exact) mass is 548 g/mol. The minimum Gasteiger partial charge on any atom is -0.444 e. The zero-order valence-electron chi connectivity index (χ0n) is 23.2. The average molecular weight is 549 g/mol. The molecule has 0 bridgehead atoms. The quantitative estimate of drug-likeness (QED) is 0.260. The fraction of sp³-hybridized carbons (Fsp3) is 0.615. The van der Waals surface area contributed by atoms with Gasteiger partial charge in [0.05, 0.1) is 59.3 Å². The van der Waals surface area contributed by atoms with Gasteiger partial charge in [-0.15, -0.1) is 20.4 Å². The Morgan fingerprint density at radius 3 is 1.72 bits per heavy atom. The maximum atomic E-state index is 12.1. The Morgan fingerprint density at radius 2 is 1.21 bits per heavy atom. The molecule has 0 saturated carbocycles. The largest absolute Gasteiger partial charge is 0.444 e. The van der Waals surface area contributed by atoms with Crippen LogP contribution in [-0.4, -0.2) is 104 Å². The number of carbonyl (C=O) groups is 2. The van der Waals surface area contributed by atoms with Crippen molar-refractivity contribution in [2.24, 2.45) is 0 Å². The van der Waals surface area contributed by atoms with Crippen molar-refractivity contribution >= 4 is 12.0 Å². The normalized spacial score (nSPS) is 11.3. The molecule has 0 aliphatic rings. The number of alkyl carbamates (subject to hydrolysis) is 1. The molecule has 0 unspecified atom stereocenters. The summed E-state index contributed by atoms with van der Waals surface area (Å²) in [5.41, 5.74) is 1.15. The summed E-state index contributed by atoms with van der Waals surface area (Å²) >= 11 is 0. The van der Waals surface area contributed by atoms with E-state index in [2.05, 4.69) is 31.0 Å². The first-order valence-electron chi connectivity index (χ1n) is 12.9. The van der Waals surface area contributed by atoms with E-state index in [1.807, 2.05) is 45.0 Å². The molecule has 2 aromatic rings. The van der Waals surface area contributed by atoms with Crippen LogP contribution in [-0.2, 0) is 34.9 Å². The lowest BCUT2D eigenvalue weighted by molar-refractivity contribution is -0.120. The topological polar surface area (TPSA) is 156 Å². The first-order chi connectivity index (χ1) is 18.7. The summed E-state index contributed by atoms with van der Waals surface area (Å²) in [5.74, 6) is 0.868. The zero-order chi connectivity index (χ0) is 28.3. The average Bonchev–Trinajstić information content (AvgIpc) is 2.88. The van der Waals surface area contributed by atoms with Gasteiger partial charge in [0.2, 0.25) is 11.7 Å². The molecule has 0 fully saturated rings. The van der Waals surface area contributed by atoms with Crippen LogP contribution in [0.3, 0.4) is 0 Å². The van der Waals surface area contributed by atoms with Crippen molar-refractivity contribution in [1.82, 2.24) is 31.0 Å². The summed E-state index contributed by atoms with van der Waals surface area (Å²) in [5, 5.41) is 21.3. The van der Waals surface area contributed by atoms with Crippen LogP contribution in [0.5, 0.6) is 0 Å². The highest BCUT2D eigenvalue weighted by molar-refractivity contribution is 5.78. The molecule has 13 heteroatoms. The molecule has 0 saturated heterocycles. The number of carbonyl (C=O) groups excluding carboxylic acids is 2. The SMILES string of the molecule is Cc1nnc(-c2ccc(CC(=O)NCCOCCOCCOCCOCCNC(=O)OC(C)(C)C)cc2)nn1. The molecule has 0 aliphatic heterocycles. The summed E-state index contributed by atoms with van der Waals surface area (Å²) < 4.78 is 26.8. The summed E-state index contributed by atoms with van der Waals surface area (Å²) in [6, 6.07) is 7.39. The number of rotatable bonds is 18. The Balaban J connectivity index is 1.36. The summed E-state index contributed by atoms with van der Waals surface area (Å²) in [6.07, 6.45) is -0.194. The van der Waals surface area contributed by atoms with Crippen molar-refractivity contribution in [2.75, 3.05) is 65.9 Å². The molecule has 1 aromatic carbocycles. The van der Waals surface area contributed by atoms with Crippen molar-refractivity contribution in [1.29, 1.82) is 0 Å². The molecule has 0 aliphatic carbocycles. The van der Waals surface area contributed by atoms with Gasteiger partial charge in [-0.1, -0.05) is 24.3 Å². The van der Waals surface area contributed by atoms with Gasteiger partial charge in [0, 0.05) is 18.7 Å². The number of ether oxygens (including phenoxy) is 5. The van der Waals surface area contributed by atoms with Crippen LogP contribution >= 0.6 is 0 Å². The number of aromatic nitrogens is 4. The Kier molecular flexibility index (Phi) is 14.8. The van der Waals surface area contributed by atoms with E-state index in [1.54, 1.807) is 6.92 Å². The molecule has 0 radical (unpaired) electrons. The number of nitrogens with zero attached hydrogens (tertiary/aromatic N) is 4. The molecule has 39 heavy (non-hydrogen) atoms. The van der Waals surface area contributed by atoms with Crippen molar-refractivity contribution in [3.63, 3.8) is 0 Å². The zero-order valence-corrected chi connectivity index (χ0v) is 23.2. The molecular formula is C26H40N6O7. The van der Waals surface area contributed by atoms with Gasteiger partial charge in [0.15, 0.2) is 5.82 Å². The minimum absolute atomic E-state index is 0.0852. The van der Waals surface area contributed by atoms with Crippen LogP contribution in [0.15, 0.2) is 24.3 Å². The second kappa shape index (κ2) is 18.1. The predicted octanol–water partition coefficient (Wildman–Crippen LogP) is 1.49.